The van der Waals surface area contributed by atoms with E-state index in [0.717, 1.165) is 0 Å². The van der Waals surface area contributed by atoms with Gasteiger partial charge in [0.05, 0.1) is 23.4 Å². The summed E-state index contributed by atoms with van der Waals surface area (Å²) in [7, 11) is -6.11. The molecular weight excluding hydrogens is 497 g/mol. The van der Waals surface area contributed by atoms with Gasteiger partial charge in [-0.3, -0.25) is 4.79 Å². The first-order valence-electron chi connectivity index (χ1n) is 11.2. The third kappa shape index (κ3) is 6.78. The summed E-state index contributed by atoms with van der Waals surface area (Å²) in [6.45, 7) is 3.65. The number of methoxy groups -OCH3 is 1. The number of nitrogens with zero attached hydrogens (tertiary/aromatic N) is 1. The lowest BCUT2D eigenvalue weighted by molar-refractivity contribution is -0.120. The zero-order chi connectivity index (χ0) is 25.8. The minimum absolute atomic E-state index is 0.0173. The summed E-state index contributed by atoms with van der Waals surface area (Å²) in [5.41, 5.74) is 0.306. The number of halogens is 1. The number of carbonyl (C=O) groups excluding carboxylic acids is 1. The number of anilines is 1. The second-order valence-electron chi connectivity index (χ2n) is 8.65. The molecule has 2 aromatic rings. The summed E-state index contributed by atoms with van der Waals surface area (Å²) < 4.78 is 73.4. The van der Waals surface area contributed by atoms with Crippen LogP contribution in [-0.2, 0) is 30.6 Å². The number of benzene rings is 2. The van der Waals surface area contributed by atoms with E-state index in [4.69, 9.17) is 4.74 Å². The number of sulfonamides is 2. The molecular formula is C23H30FN3O6S2. The zero-order valence-electron chi connectivity index (χ0n) is 19.8. The second-order valence-corrected chi connectivity index (χ2v) is 12.3. The molecule has 1 aliphatic heterocycles. The summed E-state index contributed by atoms with van der Waals surface area (Å²) in [4.78, 5) is 12.9. The van der Waals surface area contributed by atoms with E-state index in [1.165, 1.54) is 47.8 Å². The van der Waals surface area contributed by atoms with Crippen LogP contribution in [0.3, 0.4) is 0 Å². The summed E-state index contributed by atoms with van der Waals surface area (Å²) >= 11 is 0. The van der Waals surface area contributed by atoms with E-state index < -0.39 is 37.5 Å². The number of nitrogens with one attached hydrogen (secondary N) is 2. The molecule has 0 atom stereocenters. The molecule has 0 aliphatic carbocycles. The molecule has 0 saturated carbocycles. The molecule has 0 aromatic heterocycles. The van der Waals surface area contributed by atoms with E-state index in [1.54, 1.807) is 19.9 Å². The molecule has 0 spiro atoms. The van der Waals surface area contributed by atoms with Crippen LogP contribution in [0.1, 0.15) is 32.3 Å². The van der Waals surface area contributed by atoms with E-state index in [2.05, 4.69) is 10.0 Å². The second kappa shape index (κ2) is 11.0. The van der Waals surface area contributed by atoms with Crippen LogP contribution in [0.5, 0.6) is 5.75 Å². The van der Waals surface area contributed by atoms with Crippen LogP contribution in [0, 0.1) is 11.7 Å². The molecule has 192 valence electrons. The maximum atomic E-state index is 13.9. The van der Waals surface area contributed by atoms with Gasteiger partial charge in [-0.25, -0.2) is 30.3 Å². The highest BCUT2D eigenvalue weighted by atomic mass is 32.2. The van der Waals surface area contributed by atoms with Crippen molar-refractivity contribution in [3.05, 3.63) is 53.8 Å². The van der Waals surface area contributed by atoms with Crippen molar-refractivity contribution in [1.82, 2.24) is 9.03 Å². The lowest BCUT2D eigenvalue weighted by Gasteiger charge is -2.30. The molecule has 1 fully saturated rings. The van der Waals surface area contributed by atoms with Crippen molar-refractivity contribution in [2.75, 3.05) is 25.5 Å². The van der Waals surface area contributed by atoms with Crippen molar-refractivity contribution in [3.63, 3.8) is 0 Å². The lowest BCUT2D eigenvalue weighted by Crippen LogP contribution is -2.42. The fourth-order valence-corrected chi connectivity index (χ4v) is 6.72. The SMILES string of the molecule is COc1ccc(S(=O)(=O)NC(C)C)cc1NC(=O)C1CCN(S(=O)(=O)Cc2ccccc2F)CC1. The van der Waals surface area contributed by atoms with E-state index >= 15 is 0 Å². The van der Waals surface area contributed by atoms with Crippen LogP contribution in [0.15, 0.2) is 47.4 Å². The maximum absolute atomic E-state index is 13.9. The summed E-state index contributed by atoms with van der Waals surface area (Å²) in [5, 5.41) is 2.72. The first kappa shape index (κ1) is 27.1. The number of ether oxygens (including phenoxy) is 1. The number of amides is 1. The smallest absolute Gasteiger partial charge is 0.240 e. The van der Waals surface area contributed by atoms with Crippen molar-refractivity contribution in [3.8, 4) is 5.75 Å². The fourth-order valence-electron chi connectivity index (χ4n) is 3.86. The number of hydrogen-bond donors (Lipinski definition) is 2. The van der Waals surface area contributed by atoms with Crippen LogP contribution >= 0.6 is 0 Å². The number of rotatable bonds is 9. The molecule has 3 rings (SSSR count). The Kier molecular flexibility index (Phi) is 8.52. The molecule has 2 N–H and O–H groups in total. The van der Waals surface area contributed by atoms with Crippen molar-refractivity contribution < 1.29 is 30.8 Å². The van der Waals surface area contributed by atoms with Gasteiger partial charge >= 0.3 is 0 Å². The highest BCUT2D eigenvalue weighted by Crippen LogP contribution is 2.30. The lowest BCUT2D eigenvalue weighted by atomic mass is 9.97. The quantitative estimate of drug-likeness (QED) is 0.517. The minimum Gasteiger partial charge on any atom is -0.495 e. The topological polar surface area (TPSA) is 122 Å². The highest BCUT2D eigenvalue weighted by molar-refractivity contribution is 7.89. The average Bonchev–Trinajstić information content (AvgIpc) is 2.79. The molecule has 12 heteroatoms. The molecule has 0 bridgehead atoms. The summed E-state index contributed by atoms with van der Waals surface area (Å²) in [5.74, 6) is -1.56. The molecule has 0 unspecified atom stereocenters. The van der Waals surface area contributed by atoms with E-state index in [1.807, 2.05) is 0 Å². The van der Waals surface area contributed by atoms with Gasteiger partial charge in [0.15, 0.2) is 0 Å². The molecule has 35 heavy (non-hydrogen) atoms. The van der Waals surface area contributed by atoms with Crippen LogP contribution in [0.2, 0.25) is 0 Å². The van der Waals surface area contributed by atoms with Gasteiger partial charge < -0.3 is 10.1 Å². The molecule has 0 radical (unpaired) electrons. The van der Waals surface area contributed by atoms with E-state index in [0.29, 0.717) is 5.75 Å². The Morgan fingerprint density at radius 1 is 1.11 bits per heavy atom. The van der Waals surface area contributed by atoms with Crippen molar-refractivity contribution in [2.45, 2.75) is 43.4 Å². The third-order valence-electron chi connectivity index (χ3n) is 5.64. The Labute approximate surface area is 205 Å². The van der Waals surface area contributed by atoms with E-state index in [-0.39, 0.29) is 54.0 Å². The number of hydrogen-bond acceptors (Lipinski definition) is 6. The normalized spacial score (nSPS) is 15.8. The maximum Gasteiger partial charge on any atom is 0.240 e. The van der Waals surface area contributed by atoms with Gasteiger partial charge in [-0.2, -0.15) is 0 Å². The van der Waals surface area contributed by atoms with Gasteiger partial charge in [-0.05, 0) is 51.0 Å². The van der Waals surface area contributed by atoms with Gasteiger partial charge in [0.1, 0.15) is 11.6 Å². The van der Waals surface area contributed by atoms with Crippen LogP contribution in [0.4, 0.5) is 10.1 Å². The van der Waals surface area contributed by atoms with Crippen LogP contribution in [0.25, 0.3) is 0 Å². The molecule has 1 aliphatic rings. The molecule has 1 saturated heterocycles. The van der Waals surface area contributed by atoms with Crippen LogP contribution in [-0.4, -0.2) is 53.3 Å². The predicted molar refractivity (Wildman–Crippen MR) is 130 cm³/mol. The first-order chi connectivity index (χ1) is 16.4. The van der Waals surface area contributed by atoms with Crippen molar-refractivity contribution in [1.29, 1.82) is 0 Å². The highest BCUT2D eigenvalue weighted by Gasteiger charge is 2.32. The monoisotopic (exact) mass is 527 g/mol. The predicted octanol–water partition coefficient (Wildman–Crippen LogP) is 2.70. The zero-order valence-corrected chi connectivity index (χ0v) is 21.5. The Balaban J connectivity index is 1.67. The largest absolute Gasteiger partial charge is 0.495 e. The van der Waals surface area contributed by atoms with E-state index in [9.17, 15) is 26.0 Å². The standard InChI is InChI=1S/C23H30FN3O6S2/c1-16(2)26-35(31,32)19-8-9-22(33-3)21(14-19)25-23(28)17-10-12-27(13-11-17)34(29,30)15-18-6-4-5-7-20(18)24/h4-9,14,16-17,26H,10-13,15H2,1-3H3,(H,25,28). The van der Waals surface area contributed by atoms with Crippen molar-refractivity contribution >= 4 is 31.6 Å². The van der Waals surface area contributed by atoms with Gasteiger partial charge in [-0.1, -0.05) is 18.2 Å². The molecule has 2 aromatic carbocycles. The van der Waals surface area contributed by atoms with Gasteiger partial charge in [0.2, 0.25) is 26.0 Å². The Bertz CT molecular complexity index is 1270. The Morgan fingerprint density at radius 3 is 2.37 bits per heavy atom. The minimum atomic E-state index is -3.78. The summed E-state index contributed by atoms with van der Waals surface area (Å²) in [6.07, 6.45) is 0.551. The van der Waals surface area contributed by atoms with Gasteiger partial charge in [0, 0.05) is 30.6 Å². The average molecular weight is 528 g/mol. The summed E-state index contributed by atoms with van der Waals surface area (Å²) in [6, 6.07) is 9.60. The molecule has 1 amide bonds. The van der Waals surface area contributed by atoms with Gasteiger partial charge in [-0.15, -0.1) is 0 Å². The molecule has 9 nitrogen and oxygen atoms in total. The Morgan fingerprint density at radius 2 is 1.77 bits per heavy atom. The Hall–Kier alpha value is -2.54. The van der Waals surface area contributed by atoms with Gasteiger partial charge in [0.25, 0.3) is 0 Å². The fraction of sp³-hybridized carbons (Fsp3) is 0.435. The first-order valence-corrected chi connectivity index (χ1v) is 14.2. The third-order valence-corrected chi connectivity index (χ3v) is 9.13. The van der Waals surface area contributed by atoms with Crippen LogP contribution < -0.4 is 14.8 Å². The van der Waals surface area contributed by atoms with Crippen molar-refractivity contribution in [2.24, 2.45) is 5.92 Å². The molecule has 1 heterocycles. The number of piperidine rings is 1. The number of carbonyl (C=O) groups is 1.